The third-order valence-electron chi connectivity index (χ3n) is 3.08. The number of benzene rings is 1. The molecular formula is C13H15N5O. The van der Waals surface area contributed by atoms with Gasteiger partial charge in [0.15, 0.2) is 5.82 Å². The Bertz CT molecular complexity index is 700. The van der Waals surface area contributed by atoms with Crippen molar-refractivity contribution in [3.8, 4) is 11.5 Å². The lowest BCUT2D eigenvalue weighted by molar-refractivity contribution is 0.423. The van der Waals surface area contributed by atoms with Crippen molar-refractivity contribution in [2.24, 2.45) is 11.5 Å². The zero-order valence-electron chi connectivity index (χ0n) is 10.4. The van der Waals surface area contributed by atoms with Crippen LogP contribution in [0.2, 0.25) is 0 Å². The van der Waals surface area contributed by atoms with Gasteiger partial charge in [-0.2, -0.15) is 4.98 Å². The Morgan fingerprint density at radius 2 is 2.16 bits per heavy atom. The van der Waals surface area contributed by atoms with Crippen LogP contribution in [0.3, 0.4) is 0 Å². The topological polar surface area (TPSA) is 107 Å². The van der Waals surface area contributed by atoms with E-state index in [0.29, 0.717) is 18.3 Å². The van der Waals surface area contributed by atoms with E-state index >= 15 is 0 Å². The number of H-pyrrole nitrogens is 1. The maximum Gasteiger partial charge on any atom is 0.257 e. The number of nitrogens with one attached hydrogen (secondary N) is 1. The fourth-order valence-corrected chi connectivity index (χ4v) is 2.13. The smallest absolute Gasteiger partial charge is 0.257 e. The fraction of sp³-hybridized carbons (Fsp3) is 0.231. The van der Waals surface area contributed by atoms with Gasteiger partial charge in [0, 0.05) is 22.7 Å². The monoisotopic (exact) mass is 257 g/mol. The first-order chi connectivity index (χ1) is 9.31. The van der Waals surface area contributed by atoms with E-state index in [1.807, 2.05) is 24.4 Å². The maximum absolute atomic E-state index is 5.61. The molecule has 0 aliphatic carbocycles. The lowest BCUT2D eigenvalue weighted by Crippen LogP contribution is -2.01. The molecule has 98 valence electrons. The number of aromatic amines is 1. The summed E-state index contributed by atoms with van der Waals surface area (Å²) in [5.41, 5.74) is 14.2. The van der Waals surface area contributed by atoms with E-state index in [1.54, 1.807) is 0 Å². The molecule has 0 spiro atoms. The highest BCUT2D eigenvalue weighted by atomic mass is 16.5. The number of rotatable bonds is 4. The Balaban J connectivity index is 2.06. The quantitative estimate of drug-likeness (QED) is 0.650. The van der Waals surface area contributed by atoms with Crippen molar-refractivity contribution in [2.75, 3.05) is 6.54 Å². The Morgan fingerprint density at radius 1 is 1.26 bits per heavy atom. The van der Waals surface area contributed by atoms with Crippen molar-refractivity contribution >= 4 is 10.9 Å². The molecule has 1 aromatic carbocycles. The van der Waals surface area contributed by atoms with Crippen LogP contribution in [0.25, 0.3) is 22.4 Å². The van der Waals surface area contributed by atoms with E-state index in [4.69, 9.17) is 16.0 Å². The molecule has 0 aliphatic rings. The van der Waals surface area contributed by atoms with Gasteiger partial charge in [0.25, 0.3) is 5.89 Å². The highest BCUT2D eigenvalue weighted by molar-refractivity contribution is 5.87. The van der Waals surface area contributed by atoms with Crippen LogP contribution in [0.1, 0.15) is 11.4 Å². The standard InChI is InChI=1S/C13H15N5O/c14-4-3-9-7-16-11-2-1-8(5-10(9)11)13-17-12(6-15)18-19-13/h1-2,5,7,16H,3-4,6,14-15H2. The molecule has 0 saturated heterocycles. The molecule has 2 heterocycles. The lowest BCUT2D eigenvalue weighted by atomic mass is 10.1. The van der Waals surface area contributed by atoms with Crippen molar-refractivity contribution in [1.29, 1.82) is 0 Å². The third-order valence-corrected chi connectivity index (χ3v) is 3.08. The first-order valence-corrected chi connectivity index (χ1v) is 6.15. The molecule has 3 rings (SSSR count). The number of hydrogen-bond acceptors (Lipinski definition) is 5. The summed E-state index contributed by atoms with van der Waals surface area (Å²) in [6.07, 6.45) is 2.82. The minimum absolute atomic E-state index is 0.272. The number of nitrogens with two attached hydrogens (primary N) is 2. The number of hydrogen-bond donors (Lipinski definition) is 3. The van der Waals surface area contributed by atoms with Gasteiger partial charge in [-0.3, -0.25) is 0 Å². The van der Waals surface area contributed by atoms with Crippen LogP contribution in [0.5, 0.6) is 0 Å². The van der Waals surface area contributed by atoms with Crippen molar-refractivity contribution in [3.05, 3.63) is 35.8 Å². The second-order valence-electron chi connectivity index (χ2n) is 4.33. The van der Waals surface area contributed by atoms with E-state index in [1.165, 1.54) is 5.56 Å². The van der Waals surface area contributed by atoms with Gasteiger partial charge in [0.2, 0.25) is 0 Å². The Hall–Kier alpha value is -2.18. The van der Waals surface area contributed by atoms with Crippen LogP contribution in [0.4, 0.5) is 0 Å². The molecule has 0 amide bonds. The van der Waals surface area contributed by atoms with Gasteiger partial charge in [-0.05, 0) is 36.7 Å². The molecule has 0 fully saturated rings. The summed E-state index contributed by atoms with van der Waals surface area (Å²) in [5, 5.41) is 4.93. The van der Waals surface area contributed by atoms with E-state index < -0.39 is 0 Å². The van der Waals surface area contributed by atoms with E-state index in [-0.39, 0.29) is 6.54 Å². The predicted molar refractivity (Wildman–Crippen MR) is 72.2 cm³/mol. The van der Waals surface area contributed by atoms with Gasteiger partial charge < -0.3 is 21.0 Å². The average molecular weight is 257 g/mol. The molecular weight excluding hydrogens is 242 g/mol. The first-order valence-electron chi connectivity index (χ1n) is 6.15. The molecule has 0 unspecified atom stereocenters. The molecule has 6 nitrogen and oxygen atoms in total. The molecule has 0 bridgehead atoms. The first kappa shape index (κ1) is 11.9. The summed E-state index contributed by atoms with van der Waals surface area (Å²) in [4.78, 5) is 7.45. The molecule has 0 saturated carbocycles. The van der Waals surface area contributed by atoms with Crippen LogP contribution in [-0.4, -0.2) is 21.7 Å². The van der Waals surface area contributed by atoms with Crippen molar-refractivity contribution in [1.82, 2.24) is 15.1 Å². The van der Waals surface area contributed by atoms with E-state index in [9.17, 15) is 0 Å². The summed E-state index contributed by atoms with van der Waals surface area (Å²) in [6.45, 7) is 0.892. The summed E-state index contributed by atoms with van der Waals surface area (Å²) < 4.78 is 5.19. The normalized spacial score (nSPS) is 11.3. The van der Waals surface area contributed by atoms with Crippen LogP contribution in [-0.2, 0) is 13.0 Å². The molecule has 6 heteroatoms. The Labute approximate surface area is 109 Å². The molecule has 3 aromatic rings. The van der Waals surface area contributed by atoms with E-state index in [2.05, 4.69) is 15.1 Å². The second kappa shape index (κ2) is 4.83. The van der Waals surface area contributed by atoms with Crippen molar-refractivity contribution < 1.29 is 4.52 Å². The molecule has 0 radical (unpaired) electrons. The molecule has 2 aromatic heterocycles. The summed E-state index contributed by atoms with van der Waals surface area (Å²) in [7, 11) is 0. The fourth-order valence-electron chi connectivity index (χ4n) is 2.13. The summed E-state index contributed by atoms with van der Waals surface area (Å²) in [5.74, 6) is 0.994. The second-order valence-corrected chi connectivity index (χ2v) is 4.33. The summed E-state index contributed by atoms with van der Waals surface area (Å²) >= 11 is 0. The van der Waals surface area contributed by atoms with Gasteiger partial charge in [-0.25, -0.2) is 0 Å². The van der Waals surface area contributed by atoms with Gasteiger partial charge in [-0.15, -0.1) is 0 Å². The minimum atomic E-state index is 0.272. The van der Waals surface area contributed by atoms with Crippen molar-refractivity contribution in [3.63, 3.8) is 0 Å². The number of aromatic nitrogens is 3. The van der Waals surface area contributed by atoms with Crippen LogP contribution in [0.15, 0.2) is 28.9 Å². The third kappa shape index (κ3) is 2.11. The van der Waals surface area contributed by atoms with Crippen LogP contribution >= 0.6 is 0 Å². The molecule has 0 aliphatic heterocycles. The average Bonchev–Trinajstić information content (AvgIpc) is 3.06. The van der Waals surface area contributed by atoms with E-state index in [0.717, 1.165) is 22.9 Å². The highest BCUT2D eigenvalue weighted by Crippen LogP contribution is 2.25. The highest BCUT2D eigenvalue weighted by Gasteiger charge is 2.10. The van der Waals surface area contributed by atoms with Crippen LogP contribution < -0.4 is 11.5 Å². The Kier molecular flexibility index (Phi) is 3.02. The predicted octanol–water partition coefficient (Wildman–Crippen LogP) is 1.18. The Morgan fingerprint density at radius 3 is 2.89 bits per heavy atom. The zero-order chi connectivity index (χ0) is 13.2. The minimum Gasteiger partial charge on any atom is -0.361 e. The van der Waals surface area contributed by atoms with Gasteiger partial charge in [0.05, 0.1) is 6.54 Å². The zero-order valence-corrected chi connectivity index (χ0v) is 10.4. The van der Waals surface area contributed by atoms with Crippen molar-refractivity contribution in [2.45, 2.75) is 13.0 Å². The van der Waals surface area contributed by atoms with Crippen LogP contribution in [0, 0.1) is 0 Å². The van der Waals surface area contributed by atoms with Gasteiger partial charge in [0.1, 0.15) is 0 Å². The SMILES string of the molecule is NCCc1c[nH]c2ccc(-c3nc(CN)no3)cc12. The molecule has 19 heavy (non-hydrogen) atoms. The van der Waals surface area contributed by atoms with Gasteiger partial charge >= 0.3 is 0 Å². The molecule has 0 atom stereocenters. The number of fused-ring (bicyclic) bond motifs is 1. The van der Waals surface area contributed by atoms with Gasteiger partial charge in [-0.1, -0.05) is 5.16 Å². The maximum atomic E-state index is 5.61. The summed E-state index contributed by atoms with van der Waals surface area (Å²) in [6, 6.07) is 5.97. The molecule has 5 N–H and O–H groups in total. The number of nitrogens with zero attached hydrogens (tertiary/aromatic N) is 2. The largest absolute Gasteiger partial charge is 0.361 e. The lowest BCUT2D eigenvalue weighted by Gasteiger charge is -1.98.